The van der Waals surface area contributed by atoms with Crippen LogP contribution in [-0.4, -0.2) is 40.8 Å². The average Bonchev–Trinajstić information content (AvgIpc) is 3.18. The number of fused-ring (bicyclic) bond motifs is 1. The highest BCUT2D eigenvalue weighted by atomic mass is 16.6. The van der Waals surface area contributed by atoms with Crippen LogP contribution in [0.15, 0.2) is 18.2 Å². The fourth-order valence-electron chi connectivity index (χ4n) is 2.23. The van der Waals surface area contributed by atoms with Crippen molar-refractivity contribution < 1.29 is 19.0 Å². The molecule has 3 rings (SSSR count). The van der Waals surface area contributed by atoms with E-state index in [2.05, 4.69) is 5.10 Å². The van der Waals surface area contributed by atoms with Gasteiger partial charge in [-0.2, -0.15) is 9.78 Å². The molecule has 0 N–H and O–H groups in total. The van der Waals surface area contributed by atoms with Crippen LogP contribution >= 0.6 is 0 Å². The van der Waals surface area contributed by atoms with Crippen molar-refractivity contribution in [3.8, 4) is 5.75 Å². The van der Waals surface area contributed by atoms with E-state index in [-0.39, 0.29) is 6.10 Å². The third-order valence-electron chi connectivity index (χ3n) is 3.24. The molecule has 2 heterocycles. The maximum Gasteiger partial charge on any atom is 0.435 e. The van der Waals surface area contributed by atoms with Gasteiger partial charge in [-0.3, -0.25) is 0 Å². The van der Waals surface area contributed by atoms with Gasteiger partial charge in [-0.25, -0.2) is 4.79 Å². The third kappa shape index (κ3) is 3.06. The summed E-state index contributed by atoms with van der Waals surface area (Å²) >= 11 is 0. The number of benzene rings is 1. The monoisotopic (exact) mass is 304 g/mol. The second-order valence-electron chi connectivity index (χ2n) is 6.39. The Hall–Kier alpha value is -2.08. The van der Waals surface area contributed by atoms with Crippen molar-refractivity contribution in [3.63, 3.8) is 0 Å². The van der Waals surface area contributed by atoms with Gasteiger partial charge in [0.15, 0.2) is 0 Å². The number of nitrogens with zero attached hydrogens (tertiary/aromatic N) is 2. The lowest BCUT2D eigenvalue weighted by Crippen LogP contribution is -2.27. The minimum absolute atomic E-state index is 0.177. The molecule has 1 atom stereocenters. The topological polar surface area (TPSA) is 65.9 Å². The molecule has 1 aromatic heterocycles. The first-order chi connectivity index (χ1) is 10.3. The maximum atomic E-state index is 12.3. The van der Waals surface area contributed by atoms with Crippen molar-refractivity contribution in [2.45, 2.75) is 39.4 Å². The Morgan fingerprint density at radius 3 is 2.82 bits per heavy atom. The Bertz CT molecular complexity index is 711. The summed E-state index contributed by atoms with van der Waals surface area (Å²) in [5.41, 5.74) is 0.842. The SMILES string of the molecule is Cc1nn(C(=O)OC(C)(C)C)c2cccc(OCC3CO3)c12. The lowest BCUT2D eigenvalue weighted by atomic mass is 10.2. The van der Waals surface area contributed by atoms with Gasteiger partial charge in [-0.1, -0.05) is 6.07 Å². The molecule has 1 aromatic carbocycles. The van der Waals surface area contributed by atoms with Crippen LogP contribution < -0.4 is 4.74 Å². The second kappa shape index (κ2) is 5.28. The molecule has 118 valence electrons. The number of epoxide rings is 1. The van der Waals surface area contributed by atoms with E-state index in [4.69, 9.17) is 14.2 Å². The van der Waals surface area contributed by atoms with Crippen LogP contribution in [0.4, 0.5) is 4.79 Å². The van der Waals surface area contributed by atoms with Gasteiger partial charge >= 0.3 is 6.09 Å². The molecule has 0 bridgehead atoms. The molecule has 6 nitrogen and oxygen atoms in total. The fraction of sp³-hybridized carbons (Fsp3) is 0.500. The van der Waals surface area contributed by atoms with E-state index in [1.807, 2.05) is 45.9 Å². The minimum Gasteiger partial charge on any atom is -0.490 e. The number of hydrogen-bond acceptors (Lipinski definition) is 5. The summed E-state index contributed by atoms with van der Waals surface area (Å²) in [7, 11) is 0. The Labute approximate surface area is 129 Å². The standard InChI is InChI=1S/C16H20N2O4/c1-10-14-12(18(17-10)15(19)22-16(2,3)4)6-5-7-13(14)21-9-11-8-20-11/h5-7,11H,8-9H2,1-4H3. The normalized spacial score (nSPS) is 17.5. The van der Waals surface area contributed by atoms with E-state index in [0.717, 1.165) is 17.7 Å². The van der Waals surface area contributed by atoms with Crippen LogP contribution in [-0.2, 0) is 9.47 Å². The first-order valence-corrected chi connectivity index (χ1v) is 7.31. The summed E-state index contributed by atoms with van der Waals surface area (Å²) in [6, 6.07) is 5.55. The highest BCUT2D eigenvalue weighted by Gasteiger charge is 2.25. The van der Waals surface area contributed by atoms with Crippen molar-refractivity contribution in [2.24, 2.45) is 0 Å². The van der Waals surface area contributed by atoms with E-state index >= 15 is 0 Å². The van der Waals surface area contributed by atoms with Crippen LogP contribution in [0.25, 0.3) is 10.9 Å². The molecule has 1 aliphatic heterocycles. The Balaban J connectivity index is 1.95. The molecule has 1 fully saturated rings. The quantitative estimate of drug-likeness (QED) is 0.816. The van der Waals surface area contributed by atoms with Crippen LogP contribution in [0, 0.1) is 6.92 Å². The lowest BCUT2D eigenvalue weighted by molar-refractivity contribution is 0.0522. The molecule has 6 heteroatoms. The summed E-state index contributed by atoms with van der Waals surface area (Å²) < 4.78 is 17.6. The number of ether oxygens (including phenoxy) is 3. The first kappa shape index (κ1) is 14.8. The van der Waals surface area contributed by atoms with Crippen LogP contribution in [0.3, 0.4) is 0 Å². The number of rotatable bonds is 3. The average molecular weight is 304 g/mol. The van der Waals surface area contributed by atoms with Crippen molar-refractivity contribution in [1.29, 1.82) is 0 Å². The van der Waals surface area contributed by atoms with E-state index in [0.29, 0.717) is 17.9 Å². The van der Waals surface area contributed by atoms with Gasteiger partial charge < -0.3 is 14.2 Å². The highest BCUT2D eigenvalue weighted by molar-refractivity contribution is 5.93. The minimum atomic E-state index is -0.569. The van der Waals surface area contributed by atoms with Crippen molar-refractivity contribution >= 4 is 17.0 Å². The first-order valence-electron chi connectivity index (χ1n) is 7.31. The predicted octanol–water partition coefficient (Wildman–Crippen LogP) is 2.91. The molecule has 22 heavy (non-hydrogen) atoms. The van der Waals surface area contributed by atoms with Gasteiger partial charge in [-0.05, 0) is 39.8 Å². The van der Waals surface area contributed by atoms with E-state index < -0.39 is 11.7 Å². The molecule has 0 amide bonds. The molecular weight excluding hydrogens is 284 g/mol. The number of aromatic nitrogens is 2. The number of aryl methyl sites for hydroxylation is 1. The van der Waals surface area contributed by atoms with Gasteiger partial charge in [0.1, 0.15) is 24.1 Å². The highest BCUT2D eigenvalue weighted by Crippen LogP contribution is 2.29. The Kier molecular flexibility index (Phi) is 3.56. The molecule has 0 aliphatic carbocycles. The zero-order chi connectivity index (χ0) is 15.9. The molecule has 0 saturated carbocycles. The van der Waals surface area contributed by atoms with Gasteiger partial charge in [0, 0.05) is 0 Å². The third-order valence-corrected chi connectivity index (χ3v) is 3.24. The van der Waals surface area contributed by atoms with Gasteiger partial charge in [0.25, 0.3) is 0 Å². The van der Waals surface area contributed by atoms with Crippen LogP contribution in [0.5, 0.6) is 5.75 Å². The van der Waals surface area contributed by atoms with Crippen molar-refractivity contribution in [1.82, 2.24) is 9.78 Å². The second-order valence-corrected chi connectivity index (χ2v) is 6.39. The summed E-state index contributed by atoms with van der Waals surface area (Å²) in [6.45, 7) is 8.58. The summed E-state index contributed by atoms with van der Waals surface area (Å²) in [6.07, 6.45) is -0.315. The molecule has 0 spiro atoms. The smallest absolute Gasteiger partial charge is 0.435 e. The van der Waals surface area contributed by atoms with Gasteiger partial charge in [0.2, 0.25) is 0 Å². The van der Waals surface area contributed by atoms with Crippen molar-refractivity contribution in [2.75, 3.05) is 13.2 Å². The van der Waals surface area contributed by atoms with Crippen molar-refractivity contribution in [3.05, 3.63) is 23.9 Å². The van der Waals surface area contributed by atoms with E-state index in [1.165, 1.54) is 4.68 Å². The van der Waals surface area contributed by atoms with Gasteiger partial charge in [-0.15, -0.1) is 0 Å². The lowest BCUT2D eigenvalue weighted by Gasteiger charge is -2.19. The summed E-state index contributed by atoms with van der Waals surface area (Å²) in [4.78, 5) is 12.3. The zero-order valence-electron chi connectivity index (χ0n) is 13.3. The van der Waals surface area contributed by atoms with Crippen LogP contribution in [0.2, 0.25) is 0 Å². The number of carbonyl (C=O) groups is 1. The molecule has 1 unspecified atom stereocenters. The fourth-order valence-corrected chi connectivity index (χ4v) is 2.23. The molecule has 1 saturated heterocycles. The number of carbonyl (C=O) groups excluding carboxylic acids is 1. The molecule has 1 aliphatic rings. The maximum absolute atomic E-state index is 12.3. The van der Waals surface area contributed by atoms with Crippen LogP contribution in [0.1, 0.15) is 26.5 Å². The largest absolute Gasteiger partial charge is 0.490 e. The Morgan fingerprint density at radius 1 is 1.45 bits per heavy atom. The van der Waals surface area contributed by atoms with Gasteiger partial charge in [0.05, 0.1) is 23.2 Å². The Morgan fingerprint density at radius 2 is 2.18 bits per heavy atom. The van der Waals surface area contributed by atoms with E-state index in [9.17, 15) is 4.79 Å². The molecule has 0 radical (unpaired) electrons. The summed E-state index contributed by atoms with van der Waals surface area (Å²) in [5, 5.41) is 5.14. The van der Waals surface area contributed by atoms with E-state index in [1.54, 1.807) is 0 Å². The zero-order valence-corrected chi connectivity index (χ0v) is 13.3. The predicted molar refractivity (Wildman–Crippen MR) is 81.3 cm³/mol. The summed E-state index contributed by atoms with van der Waals surface area (Å²) in [5.74, 6) is 0.709. The molecular formula is C16H20N2O4. The molecule has 2 aromatic rings. The number of hydrogen-bond donors (Lipinski definition) is 0.